The zero-order chi connectivity index (χ0) is 17.5. The lowest BCUT2D eigenvalue weighted by Gasteiger charge is -2.21. The van der Waals surface area contributed by atoms with Crippen molar-refractivity contribution < 1.29 is 14.3 Å². The lowest BCUT2D eigenvalue weighted by molar-refractivity contribution is -0.148. The fourth-order valence-electron chi connectivity index (χ4n) is 2.05. The van der Waals surface area contributed by atoms with E-state index >= 15 is 0 Å². The first-order chi connectivity index (χ1) is 11.5. The molecule has 0 N–H and O–H groups in total. The van der Waals surface area contributed by atoms with Crippen LogP contribution in [0.4, 0.5) is 5.69 Å². The summed E-state index contributed by atoms with van der Waals surface area (Å²) in [4.78, 5) is 25.6. The first-order valence-corrected chi connectivity index (χ1v) is 8.23. The van der Waals surface area contributed by atoms with Crippen molar-refractivity contribution in [2.24, 2.45) is 0 Å². The molecule has 4 nitrogen and oxygen atoms in total. The molecule has 2 aromatic rings. The first-order valence-electron chi connectivity index (χ1n) is 7.44. The molecule has 0 aliphatic carbocycles. The molecule has 2 aromatic carbocycles. The highest BCUT2D eigenvalue weighted by molar-refractivity contribution is 9.10. The van der Waals surface area contributed by atoms with Gasteiger partial charge in [-0.25, -0.2) is 4.79 Å². The smallest absolute Gasteiger partial charge is 0.331 e. The van der Waals surface area contributed by atoms with Crippen LogP contribution in [0.5, 0.6) is 0 Å². The van der Waals surface area contributed by atoms with E-state index in [0.29, 0.717) is 0 Å². The third-order valence-corrected chi connectivity index (χ3v) is 3.93. The number of hydrogen-bond donors (Lipinski definition) is 0. The van der Waals surface area contributed by atoms with Gasteiger partial charge in [-0.15, -0.1) is 0 Å². The molecule has 0 bridgehead atoms. The summed E-state index contributed by atoms with van der Waals surface area (Å²) in [7, 11) is 1.65. The Morgan fingerprint density at radius 3 is 2.33 bits per heavy atom. The summed E-state index contributed by atoms with van der Waals surface area (Å²) >= 11 is 3.35. The summed E-state index contributed by atoms with van der Waals surface area (Å²) in [5.41, 5.74) is 1.62. The second-order valence-electron chi connectivity index (χ2n) is 5.20. The van der Waals surface area contributed by atoms with E-state index in [9.17, 15) is 9.59 Å². The van der Waals surface area contributed by atoms with Crippen LogP contribution in [0, 0.1) is 0 Å². The van der Waals surface area contributed by atoms with E-state index in [1.54, 1.807) is 20.0 Å². The van der Waals surface area contributed by atoms with Crippen LogP contribution in [-0.2, 0) is 14.3 Å². The number of esters is 1. The van der Waals surface area contributed by atoms with Gasteiger partial charge < -0.3 is 9.64 Å². The van der Waals surface area contributed by atoms with E-state index in [0.717, 1.165) is 15.7 Å². The van der Waals surface area contributed by atoms with Crippen molar-refractivity contribution in [3.8, 4) is 0 Å². The minimum Gasteiger partial charge on any atom is -0.449 e. The molecule has 0 aliphatic rings. The van der Waals surface area contributed by atoms with E-state index in [2.05, 4.69) is 15.9 Å². The van der Waals surface area contributed by atoms with Crippen LogP contribution in [0.1, 0.15) is 12.5 Å². The van der Waals surface area contributed by atoms with Crippen LogP contribution < -0.4 is 4.90 Å². The Balaban J connectivity index is 1.93. The zero-order valence-corrected chi connectivity index (χ0v) is 15.1. The van der Waals surface area contributed by atoms with Gasteiger partial charge in [0.15, 0.2) is 6.10 Å². The van der Waals surface area contributed by atoms with E-state index < -0.39 is 12.1 Å². The van der Waals surface area contributed by atoms with Crippen molar-refractivity contribution >= 4 is 39.6 Å². The number of carbonyl (C=O) groups is 2. The predicted octanol–water partition coefficient (Wildman–Crippen LogP) is 4.06. The van der Waals surface area contributed by atoms with E-state index in [1.807, 2.05) is 54.6 Å². The Morgan fingerprint density at radius 1 is 1.08 bits per heavy atom. The minimum atomic E-state index is -0.864. The molecule has 0 aromatic heterocycles. The van der Waals surface area contributed by atoms with Crippen molar-refractivity contribution in [3.05, 3.63) is 70.7 Å². The Hall–Kier alpha value is -2.40. The van der Waals surface area contributed by atoms with Crippen LogP contribution in [-0.4, -0.2) is 25.0 Å². The minimum absolute atomic E-state index is 0.286. The molecule has 0 saturated carbocycles. The van der Waals surface area contributed by atoms with Crippen LogP contribution in [0.15, 0.2) is 65.1 Å². The number of para-hydroxylation sites is 1. The number of halogens is 1. The number of rotatable bonds is 5. The Bertz CT molecular complexity index is 726. The van der Waals surface area contributed by atoms with Gasteiger partial charge >= 0.3 is 5.97 Å². The fraction of sp³-hybridized carbons (Fsp3) is 0.158. The molecule has 0 radical (unpaired) electrons. The van der Waals surface area contributed by atoms with Gasteiger partial charge in [-0.1, -0.05) is 46.3 Å². The SMILES string of the molecule is C[C@@H](OC(=O)/C=C/c1ccc(Br)cc1)C(=O)N(C)c1ccccc1. The van der Waals surface area contributed by atoms with Crippen LogP contribution >= 0.6 is 15.9 Å². The predicted molar refractivity (Wildman–Crippen MR) is 98.6 cm³/mol. The maximum atomic E-state index is 12.3. The summed E-state index contributed by atoms with van der Waals surface area (Å²) in [5, 5.41) is 0. The number of carbonyl (C=O) groups excluding carboxylic acids is 2. The van der Waals surface area contributed by atoms with Crippen LogP contribution in [0.3, 0.4) is 0 Å². The highest BCUT2D eigenvalue weighted by Gasteiger charge is 2.21. The topological polar surface area (TPSA) is 46.6 Å². The van der Waals surface area contributed by atoms with Gasteiger partial charge in [0.2, 0.25) is 0 Å². The molecule has 5 heteroatoms. The number of ether oxygens (including phenoxy) is 1. The Labute approximate surface area is 149 Å². The van der Waals surface area contributed by atoms with Crippen molar-refractivity contribution in [2.75, 3.05) is 11.9 Å². The quantitative estimate of drug-likeness (QED) is 0.573. The Morgan fingerprint density at radius 2 is 1.71 bits per heavy atom. The summed E-state index contributed by atoms with van der Waals surface area (Å²) < 4.78 is 6.14. The summed E-state index contributed by atoms with van der Waals surface area (Å²) in [6.45, 7) is 1.56. The summed E-state index contributed by atoms with van der Waals surface area (Å²) in [5.74, 6) is -0.841. The third-order valence-electron chi connectivity index (χ3n) is 3.40. The third kappa shape index (κ3) is 5.06. The molecule has 0 unspecified atom stereocenters. The van der Waals surface area contributed by atoms with E-state index in [-0.39, 0.29) is 5.91 Å². The molecule has 1 atom stereocenters. The lowest BCUT2D eigenvalue weighted by atomic mass is 10.2. The van der Waals surface area contributed by atoms with Gasteiger partial charge in [-0.3, -0.25) is 4.79 Å². The monoisotopic (exact) mass is 387 g/mol. The van der Waals surface area contributed by atoms with Crippen LogP contribution in [0.2, 0.25) is 0 Å². The van der Waals surface area contributed by atoms with E-state index in [4.69, 9.17) is 4.74 Å². The fourth-order valence-corrected chi connectivity index (χ4v) is 2.32. The van der Waals surface area contributed by atoms with Gasteiger partial charge in [0, 0.05) is 23.3 Å². The second-order valence-corrected chi connectivity index (χ2v) is 6.11. The highest BCUT2D eigenvalue weighted by Crippen LogP contribution is 2.14. The van der Waals surface area contributed by atoms with Gasteiger partial charge in [-0.2, -0.15) is 0 Å². The van der Waals surface area contributed by atoms with Gasteiger partial charge in [0.1, 0.15) is 0 Å². The number of nitrogens with zero attached hydrogens (tertiary/aromatic N) is 1. The van der Waals surface area contributed by atoms with Crippen molar-refractivity contribution in [2.45, 2.75) is 13.0 Å². The second kappa shape index (κ2) is 8.45. The number of amides is 1. The molecular formula is C19H18BrNO3. The van der Waals surface area contributed by atoms with Gasteiger partial charge in [-0.05, 0) is 42.8 Å². The van der Waals surface area contributed by atoms with Crippen molar-refractivity contribution in [3.63, 3.8) is 0 Å². The lowest BCUT2D eigenvalue weighted by Crippen LogP contribution is -2.37. The molecule has 0 saturated heterocycles. The maximum Gasteiger partial charge on any atom is 0.331 e. The normalized spacial score (nSPS) is 12.0. The number of benzene rings is 2. The molecular weight excluding hydrogens is 370 g/mol. The average molecular weight is 388 g/mol. The molecule has 0 aliphatic heterocycles. The maximum absolute atomic E-state index is 12.3. The molecule has 24 heavy (non-hydrogen) atoms. The summed E-state index contributed by atoms with van der Waals surface area (Å²) in [6, 6.07) is 16.7. The van der Waals surface area contributed by atoms with Gasteiger partial charge in [0.25, 0.3) is 5.91 Å². The summed E-state index contributed by atoms with van der Waals surface area (Å²) in [6.07, 6.45) is 2.10. The number of hydrogen-bond acceptors (Lipinski definition) is 3. The molecule has 0 heterocycles. The molecule has 0 fully saturated rings. The van der Waals surface area contributed by atoms with Crippen molar-refractivity contribution in [1.29, 1.82) is 0 Å². The molecule has 124 valence electrons. The average Bonchev–Trinajstić information content (AvgIpc) is 2.60. The molecule has 2 rings (SSSR count). The zero-order valence-electron chi connectivity index (χ0n) is 13.5. The van der Waals surface area contributed by atoms with E-state index in [1.165, 1.54) is 11.0 Å². The number of anilines is 1. The van der Waals surface area contributed by atoms with Crippen LogP contribution in [0.25, 0.3) is 6.08 Å². The number of likely N-dealkylation sites (N-methyl/N-ethyl adjacent to an activating group) is 1. The molecule has 0 spiro atoms. The standard InChI is InChI=1S/C19H18BrNO3/c1-14(19(23)21(2)17-6-4-3-5-7-17)24-18(22)13-10-15-8-11-16(20)12-9-15/h3-14H,1-2H3/b13-10+/t14-/m1/s1. The van der Waals surface area contributed by atoms with Gasteiger partial charge in [0.05, 0.1) is 0 Å². The Kier molecular flexibility index (Phi) is 6.32. The first kappa shape index (κ1) is 17.9. The molecule has 1 amide bonds. The highest BCUT2D eigenvalue weighted by atomic mass is 79.9. The largest absolute Gasteiger partial charge is 0.449 e. The van der Waals surface area contributed by atoms with Crippen molar-refractivity contribution in [1.82, 2.24) is 0 Å².